The third kappa shape index (κ3) is 8.53. The van der Waals surface area contributed by atoms with Crippen LogP contribution in [0.25, 0.3) is 0 Å². The fraction of sp³-hybridized carbons (Fsp3) is 0.622. The van der Waals surface area contributed by atoms with Crippen LogP contribution in [0, 0.1) is 18.3 Å². The van der Waals surface area contributed by atoms with Gasteiger partial charge >= 0.3 is 0 Å². The third-order valence-corrected chi connectivity index (χ3v) is 12.6. The SMILES string of the molecule is CCCN1CCC(NC(=O)C[C@@]2(C)C[C@H](c3cccc(Cl)c3)[C@@H](c3ccc(C)cc3)N([C@H](CS(=O)(=O)C(C)C)C(C)C)C2=O)CC1. The molecule has 0 saturated carbocycles. The number of rotatable bonds is 12. The number of sulfone groups is 1. The lowest BCUT2D eigenvalue weighted by molar-refractivity contribution is -0.158. The molecular weight excluding hydrogens is 618 g/mol. The van der Waals surface area contributed by atoms with Crippen LogP contribution < -0.4 is 5.32 Å². The molecule has 0 aliphatic carbocycles. The van der Waals surface area contributed by atoms with Gasteiger partial charge in [0.1, 0.15) is 0 Å². The minimum atomic E-state index is -3.50. The first kappa shape index (κ1) is 36.4. The number of hydrogen-bond acceptors (Lipinski definition) is 5. The van der Waals surface area contributed by atoms with Crippen molar-refractivity contribution in [3.05, 3.63) is 70.2 Å². The third-order valence-electron chi connectivity index (χ3n) is 10.1. The molecule has 2 saturated heterocycles. The van der Waals surface area contributed by atoms with Crippen LogP contribution in [0.1, 0.15) is 102 Å². The van der Waals surface area contributed by atoms with Crippen LogP contribution in [0.4, 0.5) is 0 Å². The fourth-order valence-electron chi connectivity index (χ4n) is 7.29. The summed E-state index contributed by atoms with van der Waals surface area (Å²) in [5.41, 5.74) is 1.97. The first-order chi connectivity index (χ1) is 21.6. The van der Waals surface area contributed by atoms with Crippen molar-refractivity contribution in [2.75, 3.05) is 25.4 Å². The highest BCUT2D eigenvalue weighted by Gasteiger charge is 2.53. The van der Waals surface area contributed by atoms with Crippen molar-refractivity contribution < 1.29 is 18.0 Å². The lowest BCUT2D eigenvalue weighted by atomic mass is 9.66. The number of nitrogens with one attached hydrogen (secondary N) is 1. The van der Waals surface area contributed by atoms with Gasteiger partial charge in [0.25, 0.3) is 0 Å². The second-order valence-electron chi connectivity index (χ2n) is 14.5. The predicted molar refractivity (Wildman–Crippen MR) is 188 cm³/mol. The van der Waals surface area contributed by atoms with E-state index in [1.807, 2.05) is 81.1 Å². The van der Waals surface area contributed by atoms with Gasteiger partial charge in [-0.1, -0.05) is 81.3 Å². The molecule has 4 atom stereocenters. The first-order valence-electron chi connectivity index (χ1n) is 17.0. The Labute approximate surface area is 282 Å². The van der Waals surface area contributed by atoms with Gasteiger partial charge in [-0.25, -0.2) is 8.42 Å². The smallest absolute Gasteiger partial charge is 0.229 e. The molecule has 2 aromatic carbocycles. The lowest BCUT2D eigenvalue weighted by Crippen LogP contribution is -2.59. The summed E-state index contributed by atoms with van der Waals surface area (Å²) >= 11 is 6.55. The summed E-state index contributed by atoms with van der Waals surface area (Å²) in [6, 6.07) is 15.0. The summed E-state index contributed by atoms with van der Waals surface area (Å²) in [6.45, 7) is 16.4. The van der Waals surface area contributed by atoms with Gasteiger partial charge in [-0.2, -0.15) is 0 Å². The van der Waals surface area contributed by atoms with E-state index in [0.717, 1.165) is 55.6 Å². The fourth-order valence-corrected chi connectivity index (χ4v) is 8.89. The molecule has 7 nitrogen and oxygen atoms in total. The van der Waals surface area contributed by atoms with E-state index in [2.05, 4.69) is 17.1 Å². The number of carbonyl (C=O) groups excluding carboxylic acids is 2. The van der Waals surface area contributed by atoms with Gasteiger partial charge in [0.2, 0.25) is 11.8 Å². The standard InChI is InChI=1S/C37H54ClN3O4S/c1-8-18-40-19-16-31(17-20-40)39-34(42)23-37(7)22-32(29-10-9-11-30(38)21-29)35(28-14-12-27(6)13-15-28)41(36(37)43)33(25(2)3)24-46(44,45)26(4)5/h9-15,21,25-26,31-33,35H,8,16-20,22-24H2,1-7H3,(H,39,42)/t32-,33-,35-,37-/m1/s1. The number of halogens is 1. The summed E-state index contributed by atoms with van der Waals surface area (Å²) in [4.78, 5) is 33.0. The molecule has 4 rings (SSSR count). The van der Waals surface area contributed by atoms with Crippen molar-refractivity contribution in [3.8, 4) is 0 Å². The van der Waals surface area contributed by atoms with E-state index < -0.39 is 32.6 Å². The number of likely N-dealkylation sites (tertiary alicyclic amines) is 2. The minimum absolute atomic E-state index is 0.0386. The van der Waals surface area contributed by atoms with E-state index in [1.54, 1.807) is 13.8 Å². The number of carbonyl (C=O) groups is 2. The highest BCUT2D eigenvalue weighted by molar-refractivity contribution is 7.92. The van der Waals surface area contributed by atoms with Crippen LogP contribution in [0.3, 0.4) is 0 Å². The normalized spacial score (nSPS) is 24.0. The van der Waals surface area contributed by atoms with E-state index in [1.165, 1.54) is 0 Å². The summed E-state index contributed by atoms with van der Waals surface area (Å²) in [5.74, 6) is -0.787. The highest BCUT2D eigenvalue weighted by atomic mass is 35.5. The number of amides is 2. The molecule has 0 bridgehead atoms. The molecule has 9 heteroatoms. The Balaban J connectivity index is 1.78. The zero-order chi connectivity index (χ0) is 33.8. The Morgan fingerprint density at radius 2 is 1.70 bits per heavy atom. The number of benzene rings is 2. The van der Waals surface area contributed by atoms with Crippen LogP contribution >= 0.6 is 11.6 Å². The molecule has 0 aromatic heterocycles. The maximum Gasteiger partial charge on any atom is 0.229 e. The van der Waals surface area contributed by atoms with Crippen LogP contribution in [0.15, 0.2) is 48.5 Å². The van der Waals surface area contributed by atoms with E-state index in [9.17, 15) is 13.2 Å². The van der Waals surface area contributed by atoms with Gasteiger partial charge in [-0.15, -0.1) is 0 Å². The molecule has 2 aliphatic rings. The van der Waals surface area contributed by atoms with Gasteiger partial charge in [0.05, 0.1) is 22.5 Å². The Kier molecular flexibility index (Phi) is 12.0. The molecule has 0 spiro atoms. The molecule has 1 N–H and O–H groups in total. The van der Waals surface area contributed by atoms with E-state index in [4.69, 9.17) is 11.6 Å². The van der Waals surface area contributed by atoms with Crippen LogP contribution in [-0.4, -0.2) is 72.8 Å². The van der Waals surface area contributed by atoms with Crippen molar-refractivity contribution in [1.29, 1.82) is 0 Å². The molecule has 2 heterocycles. The molecule has 0 unspecified atom stereocenters. The van der Waals surface area contributed by atoms with Crippen LogP contribution in [0.2, 0.25) is 5.02 Å². The van der Waals surface area contributed by atoms with Crippen molar-refractivity contribution in [2.45, 2.75) is 110 Å². The second kappa shape index (κ2) is 15.2. The van der Waals surface area contributed by atoms with Crippen molar-refractivity contribution in [1.82, 2.24) is 15.1 Å². The summed E-state index contributed by atoms with van der Waals surface area (Å²) in [5, 5.41) is 3.28. The van der Waals surface area contributed by atoms with Gasteiger partial charge < -0.3 is 15.1 Å². The molecular formula is C37H54ClN3O4S. The van der Waals surface area contributed by atoms with Gasteiger partial charge in [0.15, 0.2) is 9.84 Å². The molecule has 2 fully saturated rings. The zero-order valence-corrected chi connectivity index (χ0v) is 30.3. The first-order valence-corrected chi connectivity index (χ1v) is 19.1. The minimum Gasteiger partial charge on any atom is -0.353 e. The summed E-state index contributed by atoms with van der Waals surface area (Å²) < 4.78 is 27.0. The average Bonchev–Trinajstić information content (AvgIpc) is 2.99. The topological polar surface area (TPSA) is 86.8 Å². The summed E-state index contributed by atoms with van der Waals surface area (Å²) in [7, 11) is -3.50. The molecule has 46 heavy (non-hydrogen) atoms. The highest BCUT2D eigenvalue weighted by Crippen LogP contribution is 2.52. The Morgan fingerprint density at radius 3 is 2.26 bits per heavy atom. The predicted octanol–water partition coefficient (Wildman–Crippen LogP) is 6.94. The maximum absolute atomic E-state index is 15.0. The Bertz CT molecular complexity index is 1450. The van der Waals surface area contributed by atoms with Crippen LogP contribution in [0.5, 0.6) is 0 Å². The lowest BCUT2D eigenvalue weighted by Gasteiger charge is -2.53. The van der Waals surface area contributed by atoms with Gasteiger partial charge in [0, 0.05) is 42.5 Å². The quantitative estimate of drug-likeness (QED) is 0.264. The second-order valence-corrected chi connectivity index (χ2v) is 17.6. The van der Waals surface area contributed by atoms with Crippen molar-refractivity contribution >= 4 is 33.3 Å². The van der Waals surface area contributed by atoms with Gasteiger partial charge in [-0.05, 0) is 82.2 Å². The Hall–Kier alpha value is -2.42. The number of nitrogens with zero attached hydrogens (tertiary/aromatic N) is 2. The Morgan fingerprint density at radius 1 is 1.04 bits per heavy atom. The summed E-state index contributed by atoms with van der Waals surface area (Å²) in [6.07, 6.45) is 3.38. The molecule has 2 amide bonds. The van der Waals surface area contributed by atoms with Crippen molar-refractivity contribution in [3.63, 3.8) is 0 Å². The maximum atomic E-state index is 15.0. The largest absolute Gasteiger partial charge is 0.353 e. The molecule has 2 aromatic rings. The molecule has 0 radical (unpaired) electrons. The number of piperidine rings is 2. The zero-order valence-electron chi connectivity index (χ0n) is 28.8. The average molecular weight is 672 g/mol. The number of hydrogen-bond donors (Lipinski definition) is 1. The number of aryl methyl sites for hydroxylation is 1. The molecule has 254 valence electrons. The molecule has 2 aliphatic heterocycles. The van der Waals surface area contributed by atoms with E-state index in [-0.39, 0.29) is 41.9 Å². The van der Waals surface area contributed by atoms with Crippen LogP contribution in [-0.2, 0) is 19.4 Å². The van der Waals surface area contributed by atoms with E-state index >= 15 is 4.79 Å². The van der Waals surface area contributed by atoms with Crippen molar-refractivity contribution in [2.24, 2.45) is 11.3 Å². The monoisotopic (exact) mass is 671 g/mol. The van der Waals surface area contributed by atoms with Gasteiger partial charge in [-0.3, -0.25) is 9.59 Å². The van der Waals surface area contributed by atoms with E-state index in [0.29, 0.717) is 11.4 Å².